The summed E-state index contributed by atoms with van der Waals surface area (Å²) in [7, 11) is 0. The maximum absolute atomic E-state index is 13.9. The number of hydrogen-bond acceptors (Lipinski definition) is 11. The minimum absolute atomic E-state index is 0.0442. The van der Waals surface area contributed by atoms with Gasteiger partial charge in [0.2, 0.25) is 23.6 Å². The Morgan fingerprint density at radius 1 is 0.545 bits per heavy atom. The third-order valence-electron chi connectivity index (χ3n) is 16.8. The van der Waals surface area contributed by atoms with Gasteiger partial charge in [-0.3, -0.25) is 58.9 Å². The molecule has 15 heteroatoms. The van der Waals surface area contributed by atoms with Crippen molar-refractivity contribution in [1.29, 1.82) is 0 Å². The summed E-state index contributed by atoms with van der Waals surface area (Å²) in [5.74, 6) is -0.307. The predicted molar refractivity (Wildman–Crippen MR) is 287 cm³/mol. The van der Waals surface area contributed by atoms with Crippen LogP contribution in [0.15, 0.2) is 103 Å². The van der Waals surface area contributed by atoms with E-state index in [1.54, 1.807) is 35.2 Å². The topological polar surface area (TPSA) is 175 Å². The van der Waals surface area contributed by atoms with Crippen molar-refractivity contribution in [2.45, 2.75) is 117 Å². The lowest BCUT2D eigenvalue weighted by Gasteiger charge is -2.34. The van der Waals surface area contributed by atoms with E-state index >= 15 is 0 Å². The lowest BCUT2D eigenvalue weighted by atomic mass is 9.86. The monoisotopic (exact) mass is 1040 g/mol. The Kier molecular flexibility index (Phi) is 14.9. The maximum atomic E-state index is 13.9. The van der Waals surface area contributed by atoms with E-state index in [1.165, 1.54) is 29.5 Å². The van der Waals surface area contributed by atoms with Crippen molar-refractivity contribution in [3.05, 3.63) is 153 Å². The number of rotatable bonds is 16. The summed E-state index contributed by atoms with van der Waals surface area (Å²) >= 11 is 0. The highest BCUT2D eigenvalue weighted by atomic mass is 16.5. The van der Waals surface area contributed by atoms with Gasteiger partial charge in [-0.1, -0.05) is 80.6 Å². The summed E-state index contributed by atoms with van der Waals surface area (Å²) in [6.07, 6.45) is 6.23. The number of imide groups is 3. The molecule has 0 aliphatic carbocycles. The number of fused-ring (bicyclic) bond motifs is 2. The van der Waals surface area contributed by atoms with Crippen LogP contribution in [0.1, 0.15) is 130 Å². The number of nitrogens with zero attached hydrogens (tertiary/aromatic N) is 4. The number of ether oxygens (including phenoxy) is 2. The molecule has 6 heterocycles. The van der Waals surface area contributed by atoms with E-state index in [9.17, 15) is 33.6 Å². The van der Waals surface area contributed by atoms with Gasteiger partial charge in [-0.05, 0) is 164 Å². The highest BCUT2D eigenvalue weighted by Gasteiger charge is 2.46. The van der Waals surface area contributed by atoms with E-state index in [1.807, 2.05) is 6.07 Å². The first kappa shape index (κ1) is 51.6. The van der Waals surface area contributed by atoms with Crippen molar-refractivity contribution in [2.75, 3.05) is 26.2 Å². The summed E-state index contributed by atoms with van der Waals surface area (Å²) in [5.41, 5.74) is 9.44. The van der Waals surface area contributed by atoms with Crippen LogP contribution in [0.2, 0.25) is 0 Å². The fraction of sp³-hybridized carbons (Fsp3) is 0.403. The van der Waals surface area contributed by atoms with Crippen LogP contribution < -0.4 is 20.1 Å². The number of benzene rings is 5. The third kappa shape index (κ3) is 11.1. The summed E-state index contributed by atoms with van der Waals surface area (Å²) in [5, 5.41) is 4.63. The van der Waals surface area contributed by atoms with Gasteiger partial charge in [-0.25, -0.2) is 0 Å². The average Bonchev–Trinajstić information content (AvgIpc) is 3.98. The Morgan fingerprint density at radius 2 is 1.14 bits per heavy atom. The second kappa shape index (κ2) is 22.2. The summed E-state index contributed by atoms with van der Waals surface area (Å²) in [6.45, 7) is 11.2. The molecule has 0 saturated carbocycles. The maximum Gasteiger partial charge on any atom is 0.266 e. The first-order valence-electron chi connectivity index (χ1n) is 27.4. The average molecular weight is 1040 g/mol. The van der Waals surface area contributed by atoms with Crippen LogP contribution in [0.4, 0.5) is 0 Å². The summed E-state index contributed by atoms with van der Waals surface area (Å²) in [4.78, 5) is 97.4. The minimum atomic E-state index is -1.07. The Bertz CT molecular complexity index is 3140. The van der Waals surface area contributed by atoms with Gasteiger partial charge in [0.05, 0.1) is 17.7 Å². The Hall–Kier alpha value is -7.49. The zero-order valence-corrected chi connectivity index (χ0v) is 43.9. The number of amides is 7. The van der Waals surface area contributed by atoms with Crippen molar-refractivity contribution in [3.63, 3.8) is 0 Å². The normalized spacial score (nSPS) is 20.7. The smallest absolute Gasteiger partial charge is 0.266 e. The number of likely N-dealkylation sites (tertiary alicyclic amines) is 2. The van der Waals surface area contributed by atoms with E-state index in [0.717, 1.165) is 97.2 Å². The molecule has 5 aromatic rings. The second-order valence-corrected chi connectivity index (χ2v) is 22.2. The van der Waals surface area contributed by atoms with Gasteiger partial charge in [-0.15, -0.1) is 0 Å². The molecule has 4 saturated heterocycles. The van der Waals surface area contributed by atoms with Crippen molar-refractivity contribution >= 4 is 41.4 Å². The van der Waals surface area contributed by atoms with Gasteiger partial charge in [0, 0.05) is 37.1 Å². The lowest BCUT2D eigenvalue weighted by Crippen LogP contribution is -2.54. The molecule has 0 aromatic heterocycles. The zero-order chi connectivity index (χ0) is 53.3. The third-order valence-corrected chi connectivity index (χ3v) is 16.8. The molecule has 7 amide bonds. The van der Waals surface area contributed by atoms with Crippen molar-refractivity contribution < 1.29 is 43.0 Å². The molecule has 0 spiro atoms. The first-order valence-corrected chi connectivity index (χ1v) is 27.4. The van der Waals surface area contributed by atoms with Gasteiger partial charge >= 0.3 is 0 Å². The highest BCUT2D eigenvalue weighted by Crippen LogP contribution is 2.37. The molecule has 4 fully saturated rings. The van der Waals surface area contributed by atoms with Crippen LogP contribution >= 0.6 is 0 Å². The first-order chi connectivity index (χ1) is 37.3. The Labute approximate surface area is 449 Å². The van der Waals surface area contributed by atoms with E-state index in [0.29, 0.717) is 36.2 Å². The minimum Gasteiger partial charge on any atom is -0.489 e. The number of carbonyl (C=O) groups excluding carboxylic acids is 7. The van der Waals surface area contributed by atoms with Gasteiger partial charge in [0.15, 0.2) is 0 Å². The molecule has 2 N–H and O–H groups in total. The summed E-state index contributed by atoms with van der Waals surface area (Å²) < 4.78 is 12.8. The fourth-order valence-corrected chi connectivity index (χ4v) is 12.3. The number of carbonyl (C=O) groups is 7. The largest absolute Gasteiger partial charge is 0.489 e. The molecule has 2 atom stereocenters. The quantitative estimate of drug-likeness (QED) is 0.0917. The fourth-order valence-electron chi connectivity index (χ4n) is 12.3. The molecule has 11 rings (SSSR count). The SMILES string of the molecule is CC(C)C1CCN(Cc2ccc(COc3cccc4c3C(=O)N(C3CCC(=O)NC3=O)C4=O)c(-c3cccc(CN4CCC(Cc5ccc(COc6cccc7c6CN(C6CCC(=O)NC6=O)C7=O)cc5)CC4)c3)c2)CC1. The van der Waals surface area contributed by atoms with Crippen LogP contribution in [0.5, 0.6) is 11.5 Å². The Balaban J connectivity index is 0.721. The molecule has 0 bridgehead atoms. The van der Waals surface area contributed by atoms with Gasteiger partial charge in [0.25, 0.3) is 17.7 Å². The van der Waals surface area contributed by atoms with E-state index in [-0.39, 0.29) is 61.1 Å². The summed E-state index contributed by atoms with van der Waals surface area (Å²) in [6, 6.07) is 32.6. The zero-order valence-electron chi connectivity index (χ0n) is 43.9. The van der Waals surface area contributed by atoms with Crippen LogP contribution in [0, 0.1) is 17.8 Å². The highest BCUT2D eigenvalue weighted by molar-refractivity contribution is 6.24. The van der Waals surface area contributed by atoms with Gasteiger partial charge in [-0.2, -0.15) is 0 Å². The molecular weight excluding hydrogens is 973 g/mol. The van der Waals surface area contributed by atoms with Crippen LogP contribution in [0.3, 0.4) is 0 Å². The second-order valence-electron chi connectivity index (χ2n) is 22.2. The van der Waals surface area contributed by atoms with E-state index < -0.39 is 41.6 Å². The van der Waals surface area contributed by atoms with E-state index in [4.69, 9.17) is 9.47 Å². The lowest BCUT2D eigenvalue weighted by molar-refractivity contribution is -0.138. The molecule has 2 unspecified atom stereocenters. The molecule has 15 nitrogen and oxygen atoms in total. The number of nitrogens with one attached hydrogen (secondary N) is 2. The standard InChI is InChI=1S/C62H66N6O9/c1-38(2)44-24-28-66(29-25-44)34-43-16-17-46(37-77-54-11-5-9-48-57(54)62(75)68(61(48)74)52-19-21-56(70)64-59(52)72)49(32-43)45-7-3-6-42(31-45)33-65-26-22-40(23-27-65)30-39-12-14-41(15-13-39)36-76-53-10-4-8-47-50(53)35-67(60(47)73)51-18-20-55(69)63-58(51)71/h3-17,31-32,38,40,44,51-52H,18-30,33-37H2,1-2H3,(H,63,69,71)(H,64,70,72). The van der Waals surface area contributed by atoms with E-state index in [2.05, 4.69) is 101 Å². The Morgan fingerprint density at radius 3 is 1.83 bits per heavy atom. The number of hydrogen-bond donors (Lipinski definition) is 2. The predicted octanol–water partition coefficient (Wildman–Crippen LogP) is 8.00. The van der Waals surface area contributed by atoms with Crippen molar-refractivity contribution in [3.8, 4) is 22.6 Å². The van der Waals surface area contributed by atoms with Crippen molar-refractivity contribution in [1.82, 2.24) is 30.2 Å². The number of piperidine rings is 4. The van der Waals surface area contributed by atoms with Gasteiger partial charge in [0.1, 0.15) is 36.8 Å². The molecule has 5 aromatic carbocycles. The molecular formula is C62H66N6O9. The molecule has 0 radical (unpaired) electrons. The van der Waals surface area contributed by atoms with Gasteiger partial charge < -0.3 is 14.4 Å². The van der Waals surface area contributed by atoms with Crippen LogP contribution in [-0.4, -0.2) is 99.2 Å². The molecule has 6 aliphatic rings. The molecule has 6 aliphatic heterocycles. The molecule has 398 valence electrons. The van der Waals surface area contributed by atoms with Crippen molar-refractivity contribution in [2.24, 2.45) is 17.8 Å². The van der Waals surface area contributed by atoms with Crippen LogP contribution in [0.25, 0.3) is 11.1 Å². The molecule has 77 heavy (non-hydrogen) atoms. The van der Waals surface area contributed by atoms with Crippen LogP contribution in [-0.2, 0) is 58.4 Å².